The van der Waals surface area contributed by atoms with Crippen LogP contribution in [0, 0.1) is 21.0 Å². The van der Waals surface area contributed by atoms with Crippen LogP contribution in [0.2, 0.25) is 0 Å². The minimum atomic E-state index is -0.819. The van der Waals surface area contributed by atoms with E-state index in [9.17, 15) is 13.2 Å². The first-order valence-corrected chi connectivity index (χ1v) is 7.53. The lowest BCUT2D eigenvalue weighted by molar-refractivity contribution is 0.574. The van der Waals surface area contributed by atoms with Gasteiger partial charge in [0.1, 0.15) is 17.5 Å². The summed E-state index contributed by atoms with van der Waals surface area (Å²) in [6, 6.07) is 4.69. The van der Waals surface area contributed by atoms with Crippen molar-refractivity contribution in [3.63, 3.8) is 0 Å². The largest absolute Gasteiger partial charge is 0.369 e. The Morgan fingerprint density at radius 2 is 1.76 bits per heavy atom. The minimum absolute atomic E-state index is 0.0103. The molecule has 0 bridgehead atoms. The van der Waals surface area contributed by atoms with Gasteiger partial charge < -0.3 is 5.73 Å². The minimum Gasteiger partial charge on any atom is -0.369 e. The number of imidazole rings is 1. The van der Waals surface area contributed by atoms with Crippen molar-refractivity contribution in [2.75, 3.05) is 5.73 Å². The molecule has 1 heterocycles. The smallest absolute Gasteiger partial charge is 0.206 e. The Morgan fingerprint density at radius 3 is 2.48 bits per heavy atom. The maximum Gasteiger partial charge on any atom is 0.206 e. The highest BCUT2D eigenvalue weighted by atomic mass is 127. The first kappa shape index (κ1) is 14.6. The number of hydrogen-bond donors (Lipinski definition) is 1. The second kappa shape index (κ2) is 5.16. The number of halogens is 5. The Kier molecular flexibility index (Phi) is 3.60. The highest BCUT2D eigenvalue weighted by molar-refractivity contribution is 14.1. The van der Waals surface area contributed by atoms with Gasteiger partial charge in [0.15, 0.2) is 0 Å². The van der Waals surface area contributed by atoms with Crippen LogP contribution in [0.1, 0.15) is 0 Å². The van der Waals surface area contributed by atoms with E-state index in [-0.39, 0.29) is 16.1 Å². The first-order valence-electron chi connectivity index (χ1n) is 5.66. The lowest BCUT2D eigenvalue weighted by Crippen LogP contribution is -2.04. The number of rotatable bonds is 1. The Hall–Kier alpha value is -1.29. The van der Waals surface area contributed by atoms with Crippen molar-refractivity contribution in [3.05, 3.63) is 49.8 Å². The quantitative estimate of drug-likeness (QED) is 0.426. The Labute approximate surface area is 139 Å². The van der Waals surface area contributed by atoms with Crippen LogP contribution >= 0.6 is 38.5 Å². The van der Waals surface area contributed by atoms with E-state index < -0.39 is 17.5 Å². The standard InChI is InChI=1S/C13H6BrF3IN3/c14-5-1-11(8(17)2-6(5)15)21-12-3-7(16)9(18)4-10(12)20-13(21)19/h1-4H,(H2,19,20). The van der Waals surface area contributed by atoms with Gasteiger partial charge >= 0.3 is 0 Å². The molecule has 0 aliphatic heterocycles. The number of nitrogens with zero attached hydrogens (tertiary/aromatic N) is 2. The molecule has 2 N–H and O–H groups in total. The summed E-state index contributed by atoms with van der Waals surface area (Å²) >= 11 is 4.82. The number of anilines is 1. The number of benzene rings is 2. The highest BCUT2D eigenvalue weighted by Crippen LogP contribution is 2.30. The van der Waals surface area contributed by atoms with E-state index in [2.05, 4.69) is 20.9 Å². The number of nitrogens with two attached hydrogens (primary N) is 1. The van der Waals surface area contributed by atoms with Crippen LogP contribution in [0.4, 0.5) is 19.1 Å². The topological polar surface area (TPSA) is 43.8 Å². The molecule has 8 heteroatoms. The molecule has 1 aromatic heterocycles. The fraction of sp³-hybridized carbons (Fsp3) is 0. The molecule has 3 rings (SSSR count). The van der Waals surface area contributed by atoms with Crippen LogP contribution in [-0.4, -0.2) is 9.55 Å². The van der Waals surface area contributed by atoms with Crippen LogP contribution in [-0.2, 0) is 0 Å². The van der Waals surface area contributed by atoms with E-state index in [4.69, 9.17) is 5.73 Å². The van der Waals surface area contributed by atoms with Gasteiger partial charge in [-0.2, -0.15) is 0 Å². The van der Waals surface area contributed by atoms with Gasteiger partial charge in [-0.1, -0.05) is 0 Å². The number of hydrogen-bond acceptors (Lipinski definition) is 2. The van der Waals surface area contributed by atoms with Crippen LogP contribution in [0.3, 0.4) is 0 Å². The number of nitrogen functional groups attached to an aromatic ring is 1. The molecule has 0 saturated carbocycles. The summed E-state index contributed by atoms with van der Waals surface area (Å²) < 4.78 is 42.8. The van der Waals surface area contributed by atoms with Crippen LogP contribution in [0.15, 0.2) is 28.7 Å². The first-order chi connectivity index (χ1) is 9.88. The molecule has 3 nitrogen and oxygen atoms in total. The SMILES string of the molecule is Nc1nc2cc(I)c(F)cc2n1-c1cc(Br)c(F)cc1F. The lowest BCUT2D eigenvalue weighted by Gasteiger charge is -2.09. The lowest BCUT2D eigenvalue weighted by atomic mass is 10.2. The molecular formula is C13H6BrF3IN3. The van der Waals surface area contributed by atoms with Crippen molar-refractivity contribution >= 4 is 55.5 Å². The fourth-order valence-electron chi connectivity index (χ4n) is 2.03. The molecule has 0 radical (unpaired) electrons. The molecule has 21 heavy (non-hydrogen) atoms. The average molecular weight is 468 g/mol. The average Bonchev–Trinajstić information content (AvgIpc) is 2.70. The molecule has 0 saturated heterocycles. The molecule has 0 spiro atoms. The molecule has 3 aromatic rings. The summed E-state index contributed by atoms with van der Waals surface area (Å²) in [5.74, 6) is -2.03. The fourth-order valence-corrected chi connectivity index (χ4v) is 2.81. The van der Waals surface area contributed by atoms with Gasteiger partial charge in [-0.05, 0) is 50.7 Å². The molecular weight excluding hydrogens is 462 g/mol. The van der Waals surface area contributed by atoms with Crippen molar-refractivity contribution in [3.8, 4) is 5.69 Å². The molecule has 0 fully saturated rings. The van der Waals surface area contributed by atoms with Crippen molar-refractivity contribution < 1.29 is 13.2 Å². The van der Waals surface area contributed by atoms with Crippen molar-refractivity contribution in [2.24, 2.45) is 0 Å². The third-order valence-corrected chi connectivity index (χ3v) is 4.39. The van der Waals surface area contributed by atoms with Gasteiger partial charge in [0.25, 0.3) is 0 Å². The van der Waals surface area contributed by atoms with E-state index in [0.717, 1.165) is 6.07 Å². The van der Waals surface area contributed by atoms with Crippen molar-refractivity contribution in [1.82, 2.24) is 9.55 Å². The Bertz CT molecular complexity index is 879. The van der Waals surface area contributed by atoms with E-state index in [1.807, 2.05) is 22.6 Å². The zero-order valence-corrected chi connectivity index (χ0v) is 13.9. The highest BCUT2D eigenvalue weighted by Gasteiger charge is 2.17. The van der Waals surface area contributed by atoms with E-state index in [1.165, 1.54) is 22.8 Å². The van der Waals surface area contributed by atoms with Crippen LogP contribution < -0.4 is 5.73 Å². The maximum absolute atomic E-state index is 14.0. The molecule has 0 aliphatic carbocycles. The zero-order valence-electron chi connectivity index (χ0n) is 10.2. The van der Waals surface area contributed by atoms with Crippen LogP contribution in [0.5, 0.6) is 0 Å². The van der Waals surface area contributed by atoms with Crippen molar-refractivity contribution in [1.29, 1.82) is 0 Å². The summed E-state index contributed by atoms with van der Waals surface area (Å²) in [6.07, 6.45) is 0. The van der Waals surface area contributed by atoms with E-state index >= 15 is 0 Å². The zero-order chi connectivity index (χ0) is 15.3. The molecule has 0 aliphatic rings. The predicted octanol–water partition coefficient (Wildman–Crippen LogP) is 4.39. The van der Waals surface area contributed by atoms with Gasteiger partial charge in [-0.3, -0.25) is 4.57 Å². The third-order valence-electron chi connectivity index (χ3n) is 2.95. The predicted molar refractivity (Wildman–Crippen MR) is 85.8 cm³/mol. The van der Waals surface area contributed by atoms with Gasteiger partial charge in [-0.15, -0.1) is 0 Å². The van der Waals surface area contributed by atoms with Gasteiger partial charge in [0.2, 0.25) is 5.95 Å². The summed E-state index contributed by atoms with van der Waals surface area (Å²) in [4.78, 5) is 4.08. The summed E-state index contributed by atoms with van der Waals surface area (Å²) in [5, 5.41) is 0. The second-order valence-corrected chi connectivity index (χ2v) is 6.29. The number of fused-ring (bicyclic) bond motifs is 1. The molecule has 0 amide bonds. The summed E-state index contributed by atoms with van der Waals surface area (Å²) in [6.45, 7) is 0. The normalized spacial score (nSPS) is 11.3. The van der Waals surface area contributed by atoms with Crippen LogP contribution in [0.25, 0.3) is 16.7 Å². The molecule has 2 aromatic carbocycles. The van der Waals surface area contributed by atoms with Gasteiger partial charge in [0, 0.05) is 12.1 Å². The molecule has 0 atom stereocenters. The van der Waals surface area contributed by atoms with E-state index in [1.54, 1.807) is 0 Å². The Morgan fingerprint density at radius 1 is 1.05 bits per heavy atom. The van der Waals surface area contributed by atoms with Gasteiger partial charge in [0.05, 0.1) is 24.8 Å². The van der Waals surface area contributed by atoms with E-state index in [0.29, 0.717) is 14.6 Å². The molecule has 0 unspecified atom stereocenters. The summed E-state index contributed by atoms with van der Waals surface area (Å²) in [5.41, 5.74) is 6.52. The monoisotopic (exact) mass is 467 g/mol. The second-order valence-electron chi connectivity index (χ2n) is 4.28. The van der Waals surface area contributed by atoms with Gasteiger partial charge in [-0.25, -0.2) is 18.2 Å². The maximum atomic E-state index is 14.0. The summed E-state index contributed by atoms with van der Waals surface area (Å²) in [7, 11) is 0. The third kappa shape index (κ3) is 2.39. The molecule has 108 valence electrons. The number of aromatic nitrogens is 2. The van der Waals surface area contributed by atoms with Crippen molar-refractivity contribution in [2.45, 2.75) is 0 Å². The Balaban J connectivity index is 2.37.